The normalized spacial score (nSPS) is 15.3. The number of amides is 3. The van der Waals surface area contributed by atoms with Crippen molar-refractivity contribution in [3.63, 3.8) is 0 Å². The number of anilines is 1. The number of hydrogen-bond donors (Lipinski definition) is 4. The average Bonchev–Trinajstić information content (AvgIpc) is 2.95. The number of carbonyl (C=O) groups is 2. The Morgan fingerprint density at radius 3 is 2.33 bits per heavy atom. The minimum Gasteiger partial charge on any atom is -0.385 e. The van der Waals surface area contributed by atoms with Gasteiger partial charge in [0.2, 0.25) is 5.91 Å². The highest BCUT2D eigenvalue weighted by atomic mass is 35.5. The first-order valence-corrected chi connectivity index (χ1v) is 14.6. The molecule has 0 unspecified atom stereocenters. The van der Waals surface area contributed by atoms with E-state index in [-0.39, 0.29) is 5.91 Å². The van der Waals surface area contributed by atoms with Gasteiger partial charge in [-0.3, -0.25) is 4.79 Å². The number of piperidine rings is 1. The van der Waals surface area contributed by atoms with Gasteiger partial charge in [-0.15, -0.1) is 0 Å². The van der Waals surface area contributed by atoms with Gasteiger partial charge in [0.15, 0.2) is 0 Å². The Labute approximate surface area is 255 Å². The molecule has 0 radical (unpaired) electrons. The molecule has 0 bridgehead atoms. The van der Waals surface area contributed by atoms with E-state index in [1.165, 1.54) is 11.1 Å². The minimum absolute atomic E-state index is 0.0304. The van der Waals surface area contributed by atoms with Crippen LogP contribution >= 0.6 is 11.6 Å². The molecule has 1 fully saturated rings. The van der Waals surface area contributed by atoms with E-state index in [0.717, 1.165) is 23.4 Å². The van der Waals surface area contributed by atoms with Crippen LogP contribution in [0.5, 0.6) is 0 Å². The predicted molar refractivity (Wildman–Crippen MR) is 173 cm³/mol. The van der Waals surface area contributed by atoms with Gasteiger partial charge >= 0.3 is 6.03 Å². The Morgan fingerprint density at radius 1 is 1.10 bits per heavy atom. The fraction of sp³-hybridized carbons (Fsp3) is 0.394. The van der Waals surface area contributed by atoms with Gasteiger partial charge in [-0.05, 0) is 101 Å². The molecule has 0 atom stereocenters. The van der Waals surface area contributed by atoms with Crippen LogP contribution < -0.4 is 16.4 Å². The average molecular weight is 596 g/mol. The summed E-state index contributed by atoms with van der Waals surface area (Å²) in [7, 11) is 4.06. The number of nitrogens with zero attached hydrogens (tertiary/aromatic N) is 2. The van der Waals surface area contributed by atoms with Gasteiger partial charge in [0.05, 0.1) is 5.60 Å². The number of hydrogen-bond acceptors (Lipinski definition) is 5. The van der Waals surface area contributed by atoms with Crippen LogP contribution in [0.4, 0.5) is 10.5 Å². The van der Waals surface area contributed by atoms with Crippen molar-refractivity contribution >= 4 is 29.2 Å². The van der Waals surface area contributed by atoms with Crippen LogP contribution in [0, 0.1) is 0 Å². The number of halogens is 1. The van der Waals surface area contributed by atoms with Crippen molar-refractivity contribution in [3.8, 4) is 0 Å². The molecule has 2 aromatic carbocycles. The van der Waals surface area contributed by atoms with Crippen molar-refractivity contribution in [3.05, 3.63) is 100 Å². The van der Waals surface area contributed by atoms with Crippen LogP contribution in [0.3, 0.4) is 0 Å². The summed E-state index contributed by atoms with van der Waals surface area (Å²) >= 11 is 5.81. The molecule has 0 spiro atoms. The SMILES string of the molecule is C/C=C/N/C=C(CCC(=O)Nc1cccc(CN(C)C)c1)\C(C)=C\C.NC(=O)N1CCC(O)(c2ccc(Cl)cc2)CC1. The maximum atomic E-state index is 12.3. The van der Waals surface area contributed by atoms with Crippen LogP contribution in [-0.2, 0) is 16.9 Å². The third-order valence-electron chi connectivity index (χ3n) is 7.07. The van der Waals surface area contributed by atoms with Crippen molar-refractivity contribution in [2.45, 2.75) is 58.6 Å². The molecule has 1 saturated heterocycles. The number of primary amides is 1. The first-order valence-electron chi connectivity index (χ1n) is 14.2. The van der Waals surface area contributed by atoms with Crippen molar-refractivity contribution < 1.29 is 14.7 Å². The van der Waals surface area contributed by atoms with E-state index in [1.807, 2.05) is 76.8 Å². The molecule has 2 aromatic rings. The molecule has 9 heteroatoms. The van der Waals surface area contributed by atoms with Crippen LogP contribution in [0.2, 0.25) is 5.02 Å². The van der Waals surface area contributed by atoms with Gasteiger partial charge in [0.1, 0.15) is 0 Å². The fourth-order valence-corrected chi connectivity index (χ4v) is 4.67. The number of nitrogens with two attached hydrogens (primary N) is 1. The largest absolute Gasteiger partial charge is 0.385 e. The van der Waals surface area contributed by atoms with Crippen LogP contribution in [0.25, 0.3) is 0 Å². The van der Waals surface area contributed by atoms with E-state index < -0.39 is 11.6 Å². The summed E-state index contributed by atoms with van der Waals surface area (Å²) in [5, 5.41) is 17.3. The summed E-state index contributed by atoms with van der Waals surface area (Å²) in [6.45, 7) is 7.85. The Hall–Kier alpha value is -3.59. The standard InChI is InChI=1S/C21H31N3O.C12H15ClN2O2/c1-6-13-22-15-19(17(3)7-2)11-12-21(25)23-20-10-8-9-18(14-20)16-24(4)5;13-10-3-1-9(2-4-10)12(17)5-7-15(8-6-12)11(14)16/h6-10,13-15,22H,11-12,16H2,1-5H3,(H,23,25);1-4,17H,5-8H2,(H2,14,16)/b13-6+,17-7+,19-15-;. The van der Waals surface area contributed by atoms with Gasteiger partial charge in [0, 0.05) is 43.0 Å². The molecule has 42 heavy (non-hydrogen) atoms. The summed E-state index contributed by atoms with van der Waals surface area (Å²) in [6.07, 6.45) is 9.98. The highest BCUT2D eigenvalue weighted by Gasteiger charge is 2.34. The van der Waals surface area contributed by atoms with Gasteiger partial charge in [-0.25, -0.2) is 4.79 Å². The molecular formula is C33H46ClN5O3. The van der Waals surface area contributed by atoms with E-state index in [1.54, 1.807) is 17.0 Å². The second-order valence-electron chi connectivity index (χ2n) is 10.7. The third kappa shape index (κ3) is 11.7. The molecule has 5 N–H and O–H groups in total. The zero-order valence-corrected chi connectivity index (χ0v) is 26.2. The Balaban J connectivity index is 0.000000314. The third-order valence-corrected chi connectivity index (χ3v) is 7.33. The maximum Gasteiger partial charge on any atom is 0.314 e. The zero-order chi connectivity index (χ0) is 31.1. The number of nitrogens with one attached hydrogen (secondary N) is 2. The van der Waals surface area contributed by atoms with Crippen LogP contribution in [0.1, 0.15) is 57.6 Å². The van der Waals surface area contributed by atoms with Gasteiger partial charge in [-0.2, -0.15) is 0 Å². The Kier molecular flexibility index (Phi) is 14.3. The molecular weight excluding hydrogens is 550 g/mol. The molecule has 1 heterocycles. The number of rotatable bonds is 10. The number of aliphatic hydroxyl groups is 1. The smallest absolute Gasteiger partial charge is 0.314 e. The predicted octanol–water partition coefficient (Wildman–Crippen LogP) is 6.14. The van der Waals surface area contributed by atoms with Crippen LogP contribution in [0.15, 0.2) is 84.2 Å². The molecule has 228 valence electrons. The molecule has 1 aliphatic heterocycles. The molecule has 0 saturated carbocycles. The summed E-state index contributed by atoms with van der Waals surface area (Å²) < 4.78 is 0. The van der Waals surface area contributed by atoms with Gasteiger partial charge < -0.3 is 31.3 Å². The van der Waals surface area contributed by atoms with E-state index in [4.69, 9.17) is 17.3 Å². The van der Waals surface area contributed by atoms with E-state index >= 15 is 0 Å². The second-order valence-corrected chi connectivity index (χ2v) is 11.1. The molecule has 0 aromatic heterocycles. The number of urea groups is 1. The summed E-state index contributed by atoms with van der Waals surface area (Å²) in [5.74, 6) is 0.0304. The lowest BCUT2D eigenvalue weighted by molar-refractivity contribution is -0.116. The van der Waals surface area contributed by atoms with Gasteiger partial charge in [-0.1, -0.05) is 53.6 Å². The first-order chi connectivity index (χ1) is 20.0. The number of allylic oxidation sites excluding steroid dienone is 4. The number of benzene rings is 2. The Morgan fingerprint density at radius 2 is 1.76 bits per heavy atom. The van der Waals surface area contributed by atoms with Crippen molar-refractivity contribution in [1.29, 1.82) is 0 Å². The van der Waals surface area contributed by atoms with E-state index in [0.29, 0.717) is 43.8 Å². The highest BCUT2D eigenvalue weighted by molar-refractivity contribution is 6.30. The Bertz CT molecular complexity index is 1250. The second kappa shape index (κ2) is 17.4. The monoisotopic (exact) mass is 595 g/mol. The number of likely N-dealkylation sites (tertiary alicyclic amines) is 1. The number of carbonyl (C=O) groups excluding carboxylic acids is 2. The van der Waals surface area contributed by atoms with Crippen molar-refractivity contribution in [2.75, 3.05) is 32.5 Å². The fourth-order valence-electron chi connectivity index (χ4n) is 4.54. The lowest BCUT2D eigenvalue weighted by Gasteiger charge is -2.37. The summed E-state index contributed by atoms with van der Waals surface area (Å²) in [6, 6.07) is 14.7. The molecule has 3 amide bonds. The van der Waals surface area contributed by atoms with Gasteiger partial charge in [0.25, 0.3) is 0 Å². The molecule has 0 aliphatic carbocycles. The van der Waals surface area contributed by atoms with Crippen LogP contribution in [-0.4, -0.2) is 54.0 Å². The van der Waals surface area contributed by atoms with Crippen molar-refractivity contribution in [2.24, 2.45) is 5.73 Å². The zero-order valence-electron chi connectivity index (χ0n) is 25.5. The molecule has 1 aliphatic rings. The summed E-state index contributed by atoms with van der Waals surface area (Å²) in [4.78, 5) is 26.9. The summed E-state index contributed by atoms with van der Waals surface area (Å²) in [5.41, 5.74) is 9.51. The highest BCUT2D eigenvalue weighted by Crippen LogP contribution is 2.33. The lowest BCUT2D eigenvalue weighted by Crippen LogP contribution is -2.47. The minimum atomic E-state index is -0.878. The quantitative estimate of drug-likeness (QED) is 0.247. The van der Waals surface area contributed by atoms with E-state index in [2.05, 4.69) is 34.6 Å². The molecule has 3 rings (SSSR count). The van der Waals surface area contributed by atoms with E-state index in [9.17, 15) is 14.7 Å². The first kappa shape index (κ1) is 34.6. The molecule has 8 nitrogen and oxygen atoms in total. The topological polar surface area (TPSA) is 111 Å². The maximum absolute atomic E-state index is 12.3. The van der Waals surface area contributed by atoms with Crippen molar-refractivity contribution in [1.82, 2.24) is 15.1 Å². The lowest BCUT2D eigenvalue weighted by atomic mass is 9.84.